The summed E-state index contributed by atoms with van der Waals surface area (Å²) in [6.45, 7) is 1.96. The van der Waals surface area contributed by atoms with Gasteiger partial charge in [0, 0.05) is 5.71 Å². The number of carbonyl (C=O) groups excluding carboxylic acids is 1. The Morgan fingerprint density at radius 1 is 1.40 bits per heavy atom. The lowest BCUT2D eigenvalue weighted by Gasteiger charge is -2.16. The van der Waals surface area contributed by atoms with Crippen molar-refractivity contribution in [3.8, 4) is 0 Å². The van der Waals surface area contributed by atoms with Crippen molar-refractivity contribution in [2.24, 2.45) is 5.10 Å². The normalized spacial score (nSPS) is 15.7. The summed E-state index contributed by atoms with van der Waals surface area (Å²) in [4.78, 5) is 11.8. The number of benzene rings is 1. The van der Waals surface area contributed by atoms with Gasteiger partial charge in [0.1, 0.15) is 0 Å². The van der Waals surface area contributed by atoms with E-state index >= 15 is 0 Å². The number of halogens is 3. The van der Waals surface area contributed by atoms with Crippen molar-refractivity contribution in [1.29, 1.82) is 0 Å². The number of nitrogen functional groups attached to an aromatic ring is 1. The first kappa shape index (κ1) is 14.4. The predicted octanol–water partition coefficient (Wildman–Crippen LogP) is 3.18. The Morgan fingerprint density at radius 2 is 2.10 bits per heavy atom. The van der Waals surface area contributed by atoms with Crippen LogP contribution in [0.3, 0.4) is 0 Å². The molecular weight excluding hydrogens is 271 g/mol. The number of anilines is 2. The fourth-order valence-corrected chi connectivity index (χ4v) is 2.02. The first-order chi connectivity index (χ1) is 9.32. The first-order valence-electron chi connectivity index (χ1n) is 6.19. The second-order valence-electron chi connectivity index (χ2n) is 4.57. The van der Waals surface area contributed by atoms with Crippen LogP contribution >= 0.6 is 0 Å². The molecule has 1 aromatic rings. The van der Waals surface area contributed by atoms with Crippen LogP contribution in [-0.4, -0.2) is 11.6 Å². The van der Waals surface area contributed by atoms with Crippen LogP contribution in [0.5, 0.6) is 0 Å². The molecule has 0 saturated heterocycles. The zero-order valence-corrected chi connectivity index (χ0v) is 10.9. The maximum atomic E-state index is 12.6. The molecule has 0 fully saturated rings. The lowest BCUT2D eigenvalue weighted by molar-refractivity contribution is -0.137. The second kappa shape index (κ2) is 5.15. The third-order valence-corrected chi connectivity index (χ3v) is 2.95. The highest BCUT2D eigenvalue weighted by atomic mass is 19.4. The van der Waals surface area contributed by atoms with Gasteiger partial charge < -0.3 is 5.73 Å². The minimum absolute atomic E-state index is 0.116. The van der Waals surface area contributed by atoms with Gasteiger partial charge in [-0.3, -0.25) is 4.79 Å². The van der Waals surface area contributed by atoms with E-state index in [-0.39, 0.29) is 23.7 Å². The molecule has 0 unspecified atom stereocenters. The average molecular weight is 285 g/mol. The minimum atomic E-state index is -4.46. The Hall–Kier alpha value is -2.05. The molecule has 1 amide bonds. The zero-order chi connectivity index (χ0) is 14.9. The molecule has 0 aromatic heterocycles. The molecule has 4 nitrogen and oxygen atoms in total. The van der Waals surface area contributed by atoms with Gasteiger partial charge in [-0.05, 0) is 24.6 Å². The first-order valence-corrected chi connectivity index (χ1v) is 6.19. The summed E-state index contributed by atoms with van der Waals surface area (Å²) in [6, 6.07) is 2.89. The van der Waals surface area contributed by atoms with Gasteiger partial charge in [0.05, 0.1) is 23.4 Å². The third-order valence-electron chi connectivity index (χ3n) is 2.95. The topological polar surface area (TPSA) is 58.7 Å². The number of alkyl halides is 3. The standard InChI is InChI=1S/C13H14F3N3O/c1-2-3-9-7-12(20)19(18-9)11-5-4-8(6-10(11)17)13(14,15)16/h4-6H,2-3,7,17H2,1H3. The van der Waals surface area contributed by atoms with E-state index in [1.807, 2.05) is 6.92 Å². The van der Waals surface area contributed by atoms with Crippen molar-refractivity contribution in [2.75, 3.05) is 10.7 Å². The van der Waals surface area contributed by atoms with Gasteiger partial charge in [-0.1, -0.05) is 13.3 Å². The van der Waals surface area contributed by atoms with Gasteiger partial charge in [0.25, 0.3) is 5.91 Å². The van der Waals surface area contributed by atoms with E-state index in [0.29, 0.717) is 6.42 Å². The number of hydrogen-bond acceptors (Lipinski definition) is 3. The number of carbonyl (C=O) groups is 1. The van der Waals surface area contributed by atoms with Gasteiger partial charge in [-0.15, -0.1) is 0 Å². The quantitative estimate of drug-likeness (QED) is 0.867. The van der Waals surface area contributed by atoms with Gasteiger partial charge in [-0.2, -0.15) is 23.3 Å². The average Bonchev–Trinajstić information content (AvgIpc) is 2.69. The lowest BCUT2D eigenvalue weighted by atomic mass is 10.1. The maximum Gasteiger partial charge on any atom is 0.416 e. The zero-order valence-electron chi connectivity index (χ0n) is 10.9. The van der Waals surface area contributed by atoms with Gasteiger partial charge in [0.2, 0.25) is 0 Å². The Bertz CT molecular complexity index is 566. The van der Waals surface area contributed by atoms with Crippen LogP contribution in [0.15, 0.2) is 23.3 Å². The fraction of sp³-hybridized carbons (Fsp3) is 0.385. The van der Waals surface area contributed by atoms with E-state index in [1.54, 1.807) is 0 Å². The molecule has 2 rings (SSSR count). The fourth-order valence-electron chi connectivity index (χ4n) is 2.02. The molecule has 2 N–H and O–H groups in total. The monoisotopic (exact) mass is 285 g/mol. The van der Waals surface area contributed by atoms with Crippen LogP contribution in [-0.2, 0) is 11.0 Å². The number of rotatable bonds is 3. The van der Waals surface area contributed by atoms with Crippen molar-refractivity contribution in [3.63, 3.8) is 0 Å². The van der Waals surface area contributed by atoms with Gasteiger partial charge in [-0.25, -0.2) is 0 Å². The summed E-state index contributed by atoms with van der Waals surface area (Å²) in [7, 11) is 0. The van der Waals surface area contributed by atoms with Crippen LogP contribution in [0, 0.1) is 0 Å². The summed E-state index contributed by atoms with van der Waals surface area (Å²) in [5, 5.41) is 5.20. The molecule has 0 radical (unpaired) electrons. The number of hydrogen-bond donors (Lipinski definition) is 1. The van der Waals surface area contributed by atoms with E-state index in [0.717, 1.165) is 29.3 Å². The van der Waals surface area contributed by atoms with Crippen molar-refractivity contribution < 1.29 is 18.0 Å². The number of nitrogens with zero attached hydrogens (tertiary/aromatic N) is 2. The maximum absolute atomic E-state index is 12.6. The molecular formula is C13H14F3N3O. The summed E-state index contributed by atoms with van der Waals surface area (Å²) in [5.41, 5.74) is 5.56. The number of amides is 1. The van der Waals surface area contributed by atoms with Crippen molar-refractivity contribution in [1.82, 2.24) is 0 Å². The molecule has 0 atom stereocenters. The van der Waals surface area contributed by atoms with E-state index in [2.05, 4.69) is 5.10 Å². The second-order valence-corrected chi connectivity index (χ2v) is 4.57. The van der Waals surface area contributed by atoms with Crippen LogP contribution < -0.4 is 10.7 Å². The van der Waals surface area contributed by atoms with Crippen molar-refractivity contribution in [2.45, 2.75) is 32.4 Å². The SMILES string of the molecule is CCCC1=NN(c2ccc(C(F)(F)F)cc2N)C(=O)C1. The van der Waals surface area contributed by atoms with Crippen molar-refractivity contribution in [3.05, 3.63) is 23.8 Å². The van der Waals surface area contributed by atoms with E-state index in [9.17, 15) is 18.0 Å². The van der Waals surface area contributed by atoms with Crippen LogP contribution in [0.25, 0.3) is 0 Å². The molecule has 1 aromatic carbocycles. The minimum Gasteiger partial charge on any atom is -0.397 e. The van der Waals surface area contributed by atoms with E-state index in [1.165, 1.54) is 6.07 Å². The van der Waals surface area contributed by atoms with Crippen LogP contribution in [0.4, 0.5) is 24.5 Å². The Morgan fingerprint density at radius 3 is 2.65 bits per heavy atom. The largest absolute Gasteiger partial charge is 0.416 e. The van der Waals surface area contributed by atoms with Gasteiger partial charge >= 0.3 is 6.18 Å². The Labute approximate surface area is 114 Å². The summed E-state index contributed by atoms with van der Waals surface area (Å²) >= 11 is 0. The molecule has 0 spiro atoms. The molecule has 1 aliphatic rings. The van der Waals surface area contributed by atoms with Gasteiger partial charge in [0.15, 0.2) is 0 Å². The highest BCUT2D eigenvalue weighted by Gasteiger charge is 2.32. The molecule has 7 heteroatoms. The third kappa shape index (κ3) is 2.76. The van der Waals surface area contributed by atoms with E-state index in [4.69, 9.17) is 5.73 Å². The molecule has 108 valence electrons. The summed E-state index contributed by atoms with van der Waals surface area (Å²) < 4.78 is 37.7. The highest BCUT2D eigenvalue weighted by molar-refractivity contribution is 6.13. The highest BCUT2D eigenvalue weighted by Crippen LogP contribution is 2.35. The summed E-state index contributed by atoms with van der Waals surface area (Å²) in [6.07, 6.45) is -2.74. The van der Waals surface area contributed by atoms with Crippen molar-refractivity contribution >= 4 is 23.0 Å². The molecule has 1 heterocycles. The smallest absolute Gasteiger partial charge is 0.397 e. The molecule has 20 heavy (non-hydrogen) atoms. The van der Waals surface area contributed by atoms with E-state index < -0.39 is 11.7 Å². The Balaban J connectivity index is 2.32. The number of nitrogens with two attached hydrogens (primary N) is 1. The predicted molar refractivity (Wildman–Crippen MR) is 70.3 cm³/mol. The lowest BCUT2D eigenvalue weighted by Crippen LogP contribution is -2.21. The van der Waals surface area contributed by atoms with Crippen LogP contribution in [0.2, 0.25) is 0 Å². The summed E-state index contributed by atoms with van der Waals surface area (Å²) in [5.74, 6) is -0.278. The number of hydrazone groups is 1. The Kier molecular flexibility index (Phi) is 3.69. The molecule has 1 aliphatic heterocycles. The van der Waals surface area contributed by atoms with Crippen LogP contribution in [0.1, 0.15) is 31.7 Å². The molecule has 0 aliphatic carbocycles. The molecule has 0 bridgehead atoms. The molecule has 0 saturated carbocycles.